The Balaban J connectivity index is 2.51. The van der Waals surface area contributed by atoms with Crippen molar-refractivity contribution in [3.8, 4) is 0 Å². The third-order valence-electron chi connectivity index (χ3n) is 2.77. The molecule has 2 amide bonds. The van der Waals surface area contributed by atoms with E-state index in [1.165, 1.54) is 0 Å². The molecule has 0 heterocycles. The molecule has 0 bridgehead atoms. The highest BCUT2D eigenvalue weighted by Gasteiger charge is 2.15. The number of aliphatic carboxylic acids is 1. The second kappa shape index (κ2) is 7.13. The first-order valence-corrected chi connectivity index (χ1v) is 6.77. The second-order valence-corrected chi connectivity index (χ2v) is 5.10. The van der Waals surface area contributed by atoms with Crippen molar-refractivity contribution in [2.24, 2.45) is 5.92 Å². The van der Waals surface area contributed by atoms with Crippen LogP contribution in [-0.2, 0) is 4.79 Å². The Kier molecular flexibility index (Phi) is 5.82. The van der Waals surface area contributed by atoms with Crippen LogP contribution in [0.2, 0.25) is 0 Å². The van der Waals surface area contributed by atoms with Crippen LogP contribution in [0.25, 0.3) is 0 Å². The van der Waals surface area contributed by atoms with Crippen molar-refractivity contribution >= 4 is 33.6 Å². The van der Waals surface area contributed by atoms with Crippen molar-refractivity contribution in [2.75, 3.05) is 11.9 Å². The Labute approximate surface area is 120 Å². The zero-order valence-electron chi connectivity index (χ0n) is 10.9. The number of anilines is 1. The largest absolute Gasteiger partial charge is 0.481 e. The van der Waals surface area contributed by atoms with Crippen LogP contribution < -0.4 is 10.6 Å². The Bertz CT molecular complexity index is 477. The number of carbonyl (C=O) groups excluding carboxylic acids is 1. The topological polar surface area (TPSA) is 78.4 Å². The van der Waals surface area contributed by atoms with E-state index < -0.39 is 17.9 Å². The van der Waals surface area contributed by atoms with Gasteiger partial charge in [0.25, 0.3) is 0 Å². The van der Waals surface area contributed by atoms with Gasteiger partial charge in [-0.25, -0.2) is 4.79 Å². The lowest BCUT2D eigenvalue weighted by Gasteiger charge is -2.12. The number of carbonyl (C=O) groups is 2. The normalized spacial score (nSPS) is 11.7. The molecule has 0 radical (unpaired) electrons. The number of carboxylic acids is 1. The van der Waals surface area contributed by atoms with Crippen LogP contribution in [0.1, 0.15) is 18.9 Å². The molecule has 1 unspecified atom stereocenters. The van der Waals surface area contributed by atoms with Crippen LogP contribution in [0, 0.1) is 12.8 Å². The zero-order valence-corrected chi connectivity index (χ0v) is 12.5. The number of hydrogen-bond acceptors (Lipinski definition) is 2. The first kappa shape index (κ1) is 15.5. The molecule has 1 aromatic carbocycles. The van der Waals surface area contributed by atoms with Crippen molar-refractivity contribution in [3.05, 3.63) is 28.2 Å². The van der Waals surface area contributed by atoms with Gasteiger partial charge in [-0.2, -0.15) is 0 Å². The molecule has 19 heavy (non-hydrogen) atoms. The highest BCUT2D eigenvalue weighted by Crippen LogP contribution is 2.19. The molecule has 3 N–H and O–H groups in total. The Morgan fingerprint density at radius 3 is 2.63 bits per heavy atom. The predicted molar refractivity (Wildman–Crippen MR) is 77.3 cm³/mol. The van der Waals surface area contributed by atoms with Crippen LogP contribution in [0.3, 0.4) is 0 Å². The molecule has 0 aliphatic heterocycles. The van der Waals surface area contributed by atoms with Crippen LogP contribution in [0.5, 0.6) is 0 Å². The van der Waals surface area contributed by atoms with Crippen LogP contribution in [0.4, 0.5) is 10.5 Å². The van der Waals surface area contributed by atoms with E-state index in [-0.39, 0.29) is 6.54 Å². The molecule has 0 aliphatic carbocycles. The fourth-order valence-corrected chi connectivity index (χ4v) is 1.77. The summed E-state index contributed by atoms with van der Waals surface area (Å²) in [4.78, 5) is 22.4. The van der Waals surface area contributed by atoms with E-state index in [9.17, 15) is 9.59 Å². The molecule has 0 saturated carbocycles. The van der Waals surface area contributed by atoms with Gasteiger partial charge in [0, 0.05) is 16.7 Å². The van der Waals surface area contributed by atoms with Gasteiger partial charge < -0.3 is 15.7 Å². The standard InChI is InChI=1S/C13H17BrN2O3/c1-3-9(12(17)18)7-15-13(19)16-10-4-5-11(14)8(2)6-10/h4-6,9H,3,7H2,1-2H3,(H,17,18)(H2,15,16,19). The zero-order chi connectivity index (χ0) is 14.4. The maximum absolute atomic E-state index is 11.6. The monoisotopic (exact) mass is 328 g/mol. The molecule has 1 rings (SSSR count). The highest BCUT2D eigenvalue weighted by atomic mass is 79.9. The van der Waals surface area contributed by atoms with Gasteiger partial charge in [-0.05, 0) is 37.1 Å². The number of hydrogen-bond donors (Lipinski definition) is 3. The van der Waals surface area contributed by atoms with E-state index >= 15 is 0 Å². The van der Waals surface area contributed by atoms with Crippen molar-refractivity contribution in [3.63, 3.8) is 0 Å². The molecule has 0 spiro atoms. The van der Waals surface area contributed by atoms with E-state index in [0.717, 1.165) is 10.0 Å². The lowest BCUT2D eigenvalue weighted by Crippen LogP contribution is -2.35. The summed E-state index contributed by atoms with van der Waals surface area (Å²) in [6.45, 7) is 3.81. The molecule has 1 atom stereocenters. The fourth-order valence-electron chi connectivity index (χ4n) is 1.52. The number of rotatable bonds is 5. The third kappa shape index (κ3) is 4.90. The maximum Gasteiger partial charge on any atom is 0.319 e. The summed E-state index contributed by atoms with van der Waals surface area (Å²) in [7, 11) is 0. The number of amides is 2. The van der Waals surface area contributed by atoms with Gasteiger partial charge in [-0.3, -0.25) is 4.79 Å². The molecule has 0 fully saturated rings. The van der Waals surface area contributed by atoms with Gasteiger partial charge in [-0.15, -0.1) is 0 Å². The number of urea groups is 1. The lowest BCUT2D eigenvalue weighted by atomic mass is 10.1. The highest BCUT2D eigenvalue weighted by molar-refractivity contribution is 9.10. The molecular formula is C13H17BrN2O3. The fraction of sp³-hybridized carbons (Fsp3) is 0.385. The van der Waals surface area contributed by atoms with E-state index in [2.05, 4.69) is 26.6 Å². The molecule has 1 aromatic rings. The maximum atomic E-state index is 11.6. The van der Waals surface area contributed by atoms with Crippen molar-refractivity contribution in [2.45, 2.75) is 20.3 Å². The minimum absolute atomic E-state index is 0.118. The smallest absolute Gasteiger partial charge is 0.319 e. The Hall–Kier alpha value is -1.56. The number of aryl methyl sites for hydroxylation is 1. The molecular weight excluding hydrogens is 312 g/mol. The van der Waals surface area contributed by atoms with E-state index in [0.29, 0.717) is 12.1 Å². The number of halogens is 1. The van der Waals surface area contributed by atoms with Gasteiger partial charge in [0.05, 0.1) is 5.92 Å². The summed E-state index contributed by atoms with van der Waals surface area (Å²) in [5.74, 6) is -1.46. The van der Waals surface area contributed by atoms with Crippen molar-refractivity contribution in [1.82, 2.24) is 5.32 Å². The number of nitrogens with one attached hydrogen (secondary N) is 2. The summed E-state index contributed by atoms with van der Waals surface area (Å²) in [6.07, 6.45) is 0.479. The van der Waals surface area contributed by atoms with Crippen LogP contribution in [-0.4, -0.2) is 23.7 Å². The first-order valence-electron chi connectivity index (χ1n) is 5.97. The van der Waals surface area contributed by atoms with Crippen molar-refractivity contribution in [1.29, 1.82) is 0 Å². The average Bonchev–Trinajstić information content (AvgIpc) is 2.34. The number of carboxylic acid groups (broad SMARTS) is 1. The SMILES string of the molecule is CCC(CNC(=O)Nc1ccc(Br)c(C)c1)C(=O)O. The quantitative estimate of drug-likeness (QED) is 0.777. The molecule has 0 saturated heterocycles. The van der Waals surface area contributed by atoms with Crippen molar-refractivity contribution < 1.29 is 14.7 Å². The minimum atomic E-state index is -0.901. The second-order valence-electron chi connectivity index (χ2n) is 4.24. The van der Waals surface area contributed by atoms with E-state index in [1.54, 1.807) is 13.0 Å². The summed E-state index contributed by atoms with van der Waals surface area (Å²) in [5.41, 5.74) is 1.68. The van der Waals surface area contributed by atoms with Gasteiger partial charge in [-0.1, -0.05) is 22.9 Å². The average molecular weight is 329 g/mol. The summed E-state index contributed by atoms with van der Waals surface area (Å²) < 4.78 is 0.968. The Morgan fingerprint density at radius 1 is 1.42 bits per heavy atom. The van der Waals surface area contributed by atoms with Gasteiger partial charge in [0.2, 0.25) is 0 Å². The van der Waals surface area contributed by atoms with E-state index in [4.69, 9.17) is 5.11 Å². The summed E-state index contributed by atoms with van der Waals surface area (Å²) >= 11 is 3.38. The number of benzene rings is 1. The molecule has 6 heteroatoms. The van der Waals surface area contributed by atoms with Gasteiger partial charge in [0.1, 0.15) is 0 Å². The van der Waals surface area contributed by atoms with Gasteiger partial charge >= 0.3 is 12.0 Å². The van der Waals surface area contributed by atoms with Crippen LogP contribution in [0.15, 0.2) is 22.7 Å². The molecule has 0 aliphatic rings. The van der Waals surface area contributed by atoms with E-state index in [1.807, 2.05) is 19.1 Å². The molecule has 104 valence electrons. The lowest BCUT2D eigenvalue weighted by molar-refractivity contribution is -0.141. The summed E-state index contributed by atoms with van der Waals surface area (Å²) in [5, 5.41) is 14.1. The Morgan fingerprint density at radius 2 is 2.11 bits per heavy atom. The van der Waals surface area contributed by atoms with Gasteiger partial charge in [0.15, 0.2) is 0 Å². The predicted octanol–water partition coefficient (Wildman–Crippen LogP) is 2.99. The van der Waals surface area contributed by atoms with Crippen LogP contribution >= 0.6 is 15.9 Å². The third-order valence-corrected chi connectivity index (χ3v) is 3.66. The molecule has 5 nitrogen and oxygen atoms in total. The minimum Gasteiger partial charge on any atom is -0.481 e. The summed E-state index contributed by atoms with van der Waals surface area (Å²) in [6, 6.07) is 5.04. The molecule has 0 aromatic heterocycles. The first-order chi connectivity index (χ1) is 8.93.